The fourth-order valence-corrected chi connectivity index (χ4v) is 1.22. The smallest absolute Gasteiger partial charge is 0.109 e. The van der Waals surface area contributed by atoms with Gasteiger partial charge in [-0.1, -0.05) is 13.8 Å². The van der Waals surface area contributed by atoms with E-state index in [-0.39, 0.29) is 6.00 Å². The fraction of sp³-hybridized carbons (Fsp3) is 1.00. The van der Waals surface area contributed by atoms with E-state index >= 15 is 0 Å². The second-order valence-electron chi connectivity index (χ2n) is 2.84. The van der Waals surface area contributed by atoms with Crippen molar-refractivity contribution in [2.75, 3.05) is 0 Å². The molecule has 1 aliphatic rings. The highest BCUT2D eigenvalue weighted by molar-refractivity contribution is 6.11. The Hall–Kier alpha value is 0.0249. The zero-order valence-corrected chi connectivity index (χ0v) is 6.13. The van der Waals surface area contributed by atoms with Gasteiger partial charge in [0.25, 0.3) is 0 Å². The Bertz CT molecular complexity index is 84.9. The molecule has 1 aliphatic heterocycles. The van der Waals surface area contributed by atoms with Gasteiger partial charge in [0.15, 0.2) is 0 Å². The highest BCUT2D eigenvalue weighted by Gasteiger charge is 2.26. The van der Waals surface area contributed by atoms with E-state index in [0.29, 0.717) is 12.0 Å². The largest absolute Gasteiger partial charge is 0.384 e. The Labute approximate surface area is 58.2 Å². The van der Waals surface area contributed by atoms with Crippen molar-refractivity contribution in [1.29, 1.82) is 0 Å². The summed E-state index contributed by atoms with van der Waals surface area (Å²) in [5.41, 5.74) is 0. The zero-order chi connectivity index (χ0) is 6.85. The molecule has 9 heavy (non-hydrogen) atoms. The molecule has 0 aromatic carbocycles. The van der Waals surface area contributed by atoms with Crippen molar-refractivity contribution in [3.63, 3.8) is 0 Å². The summed E-state index contributed by atoms with van der Waals surface area (Å²) in [6.07, 6.45) is 2.66. The van der Waals surface area contributed by atoms with Crippen LogP contribution in [0, 0.1) is 5.92 Å². The van der Waals surface area contributed by atoms with Gasteiger partial charge in [-0.05, 0) is 18.8 Å². The van der Waals surface area contributed by atoms with Crippen LogP contribution < -0.4 is 0 Å². The molecule has 0 saturated carbocycles. The molecule has 2 radical (unpaired) electrons. The van der Waals surface area contributed by atoms with Crippen molar-refractivity contribution >= 4 is 7.85 Å². The minimum absolute atomic E-state index is 0.00468. The van der Waals surface area contributed by atoms with Crippen LogP contribution in [0.25, 0.3) is 0 Å². The molecule has 1 heterocycles. The predicted octanol–water partition coefficient (Wildman–Crippen LogP) is 1.32. The van der Waals surface area contributed by atoms with E-state index in [2.05, 4.69) is 13.8 Å². The van der Waals surface area contributed by atoms with Gasteiger partial charge in [0.05, 0.1) is 6.10 Å². The fourth-order valence-electron chi connectivity index (χ4n) is 1.22. The maximum absolute atomic E-state index is 5.62. The van der Waals surface area contributed by atoms with Crippen LogP contribution in [-0.2, 0) is 4.74 Å². The molecule has 1 rings (SSSR count). The second kappa shape index (κ2) is 2.74. The lowest BCUT2D eigenvalue weighted by Gasteiger charge is -2.07. The van der Waals surface area contributed by atoms with Gasteiger partial charge in [-0.15, -0.1) is 0 Å². The van der Waals surface area contributed by atoms with Crippen molar-refractivity contribution < 1.29 is 4.74 Å². The molecule has 1 fully saturated rings. The molecule has 1 nitrogen and oxygen atoms in total. The first-order chi connectivity index (χ1) is 4.24. The number of rotatable bonds is 1. The molecule has 0 aromatic heterocycles. The van der Waals surface area contributed by atoms with Crippen molar-refractivity contribution in [2.45, 2.75) is 38.8 Å². The van der Waals surface area contributed by atoms with E-state index in [1.54, 1.807) is 0 Å². The van der Waals surface area contributed by atoms with Gasteiger partial charge >= 0.3 is 0 Å². The van der Waals surface area contributed by atoms with E-state index in [1.165, 1.54) is 0 Å². The van der Waals surface area contributed by atoms with Crippen LogP contribution in [0.2, 0.25) is 0 Å². The zero-order valence-electron chi connectivity index (χ0n) is 6.13. The summed E-state index contributed by atoms with van der Waals surface area (Å²) in [5.74, 6) is 0.551. The Balaban J connectivity index is 2.35. The Morgan fingerprint density at radius 3 is 2.56 bits per heavy atom. The molecule has 50 valence electrons. The van der Waals surface area contributed by atoms with Gasteiger partial charge in [-0.25, -0.2) is 0 Å². The molecule has 1 saturated heterocycles. The summed E-state index contributed by atoms with van der Waals surface area (Å²) in [7, 11) is 5.62. The molecule has 0 bridgehead atoms. The highest BCUT2D eigenvalue weighted by atomic mass is 16.5. The third-order valence-corrected chi connectivity index (χ3v) is 2.00. The van der Waals surface area contributed by atoms with Crippen LogP contribution in [0.15, 0.2) is 0 Å². The molecule has 0 aromatic rings. The molecule has 2 heteroatoms. The molecule has 0 amide bonds. The summed E-state index contributed by atoms with van der Waals surface area (Å²) in [4.78, 5) is 0. The molecular formula is C7H13BO. The summed E-state index contributed by atoms with van der Waals surface area (Å²) in [6, 6.07) is -0.00468. The summed E-state index contributed by atoms with van der Waals surface area (Å²) in [5, 5.41) is 0. The normalized spacial score (nSPS) is 43.6. The number of hydrogen-bond donors (Lipinski definition) is 0. The summed E-state index contributed by atoms with van der Waals surface area (Å²) >= 11 is 0. The van der Waals surface area contributed by atoms with Gasteiger partial charge in [-0.3, -0.25) is 0 Å². The molecule has 0 aliphatic carbocycles. The lowest BCUT2D eigenvalue weighted by Crippen LogP contribution is -2.13. The Kier molecular flexibility index (Phi) is 2.17. The van der Waals surface area contributed by atoms with E-state index in [0.717, 1.165) is 12.8 Å². The average Bonchev–Trinajstić information content (AvgIpc) is 2.13. The monoisotopic (exact) mass is 124 g/mol. The van der Waals surface area contributed by atoms with Gasteiger partial charge in [-0.2, -0.15) is 0 Å². The first kappa shape index (κ1) is 7.14. The average molecular weight is 124 g/mol. The highest BCUT2D eigenvalue weighted by Crippen LogP contribution is 2.25. The third-order valence-electron chi connectivity index (χ3n) is 2.00. The maximum Gasteiger partial charge on any atom is 0.109 e. The summed E-state index contributed by atoms with van der Waals surface area (Å²) < 4.78 is 5.40. The molecule has 0 N–H and O–H groups in total. The lowest BCUT2D eigenvalue weighted by molar-refractivity contribution is 0.0804. The number of ether oxygens (including phenoxy) is 1. The van der Waals surface area contributed by atoms with Crippen molar-refractivity contribution in [2.24, 2.45) is 5.92 Å². The number of hydrogen-bond acceptors (Lipinski definition) is 1. The SMILES string of the molecule is [B]C1OC(CC)C[C@@H]1C. The molecule has 0 spiro atoms. The van der Waals surface area contributed by atoms with Crippen LogP contribution in [0.3, 0.4) is 0 Å². The van der Waals surface area contributed by atoms with E-state index < -0.39 is 0 Å². The first-order valence-corrected chi connectivity index (χ1v) is 3.65. The topological polar surface area (TPSA) is 9.23 Å². The quantitative estimate of drug-likeness (QED) is 0.479. The standard InChI is InChI=1S/C7H13BO/c1-3-6-4-5(2)7(8)9-6/h5-7H,3-4H2,1-2H3/t5-,6?,7?/m0/s1. The van der Waals surface area contributed by atoms with Gasteiger partial charge < -0.3 is 4.74 Å². The van der Waals surface area contributed by atoms with Crippen LogP contribution in [0.4, 0.5) is 0 Å². The minimum atomic E-state index is -0.00468. The van der Waals surface area contributed by atoms with E-state index in [1.807, 2.05) is 0 Å². The van der Waals surface area contributed by atoms with Crippen LogP contribution >= 0.6 is 0 Å². The lowest BCUT2D eigenvalue weighted by atomic mass is 9.88. The van der Waals surface area contributed by atoms with Crippen LogP contribution in [-0.4, -0.2) is 20.0 Å². The van der Waals surface area contributed by atoms with E-state index in [9.17, 15) is 0 Å². The third kappa shape index (κ3) is 1.48. The van der Waals surface area contributed by atoms with Crippen molar-refractivity contribution in [3.8, 4) is 0 Å². The predicted molar refractivity (Wildman–Crippen MR) is 38.5 cm³/mol. The maximum atomic E-state index is 5.62. The summed E-state index contributed by atoms with van der Waals surface area (Å²) in [6.45, 7) is 4.27. The Morgan fingerprint density at radius 1 is 1.67 bits per heavy atom. The van der Waals surface area contributed by atoms with Gasteiger partial charge in [0.1, 0.15) is 7.85 Å². The van der Waals surface area contributed by atoms with Gasteiger partial charge in [0.2, 0.25) is 0 Å². The Morgan fingerprint density at radius 2 is 2.33 bits per heavy atom. The molecule has 2 unspecified atom stereocenters. The minimum Gasteiger partial charge on any atom is -0.384 e. The first-order valence-electron chi connectivity index (χ1n) is 3.65. The van der Waals surface area contributed by atoms with E-state index in [4.69, 9.17) is 12.6 Å². The van der Waals surface area contributed by atoms with Gasteiger partial charge in [0, 0.05) is 6.00 Å². The van der Waals surface area contributed by atoms with Crippen LogP contribution in [0.5, 0.6) is 0 Å². The van der Waals surface area contributed by atoms with Crippen LogP contribution in [0.1, 0.15) is 26.7 Å². The second-order valence-corrected chi connectivity index (χ2v) is 2.84. The van der Waals surface area contributed by atoms with Crippen molar-refractivity contribution in [3.05, 3.63) is 0 Å². The molecular weight excluding hydrogens is 111 g/mol. The van der Waals surface area contributed by atoms with Crippen molar-refractivity contribution in [1.82, 2.24) is 0 Å². The molecule has 3 atom stereocenters.